The van der Waals surface area contributed by atoms with Gasteiger partial charge in [0.25, 0.3) is 0 Å². The van der Waals surface area contributed by atoms with Crippen LogP contribution in [-0.4, -0.2) is 37.1 Å². The first-order valence-electron chi connectivity index (χ1n) is 12.8. The first kappa shape index (κ1) is 26.5. The molecule has 188 valence electrons. The van der Waals surface area contributed by atoms with Gasteiger partial charge in [-0.1, -0.05) is 56.8 Å². The Hall–Kier alpha value is -1.56. The highest BCUT2D eigenvalue weighted by atomic mass is 79.9. The average Bonchev–Trinajstić information content (AvgIpc) is 2.90. The summed E-state index contributed by atoms with van der Waals surface area (Å²) < 4.78 is 17.5. The molecule has 5 heteroatoms. The molecule has 2 aliphatic heterocycles. The second-order valence-electron chi connectivity index (χ2n) is 9.43. The zero-order chi connectivity index (χ0) is 24.3. The van der Waals surface area contributed by atoms with Crippen LogP contribution >= 0.6 is 31.9 Å². The van der Waals surface area contributed by atoms with Crippen molar-refractivity contribution in [3.05, 3.63) is 69.8 Å². The second kappa shape index (κ2) is 14.2. The zero-order valence-electron chi connectivity index (χ0n) is 20.5. The molecule has 0 saturated carbocycles. The molecular weight excluding hydrogens is 568 g/mol. The fraction of sp³-hybridized carbons (Fsp3) is 0.467. The maximum absolute atomic E-state index is 5.88. The summed E-state index contributed by atoms with van der Waals surface area (Å²) in [5.74, 6) is 2.01. The molecule has 0 bridgehead atoms. The Morgan fingerprint density at radius 1 is 0.629 bits per heavy atom. The number of halogens is 2. The number of alkyl halides is 2. The lowest BCUT2D eigenvalue weighted by atomic mass is 10.0. The van der Waals surface area contributed by atoms with Gasteiger partial charge in [-0.25, -0.2) is 0 Å². The van der Waals surface area contributed by atoms with Crippen LogP contribution in [0.5, 0.6) is 11.5 Å². The van der Waals surface area contributed by atoms with Crippen molar-refractivity contribution in [3.8, 4) is 11.5 Å². The Balaban J connectivity index is 1.03. The summed E-state index contributed by atoms with van der Waals surface area (Å²) >= 11 is 7.06. The Morgan fingerprint density at radius 2 is 1.11 bits per heavy atom. The van der Waals surface area contributed by atoms with Crippen LogP contribution in [-0.2, 0) is 17.6 Å². The van der Waals surface area contributed by atoms with E-state index in [9.17, 15) is 0 Å². The second-order valence-corrected chi connectivity index (χ2v) is 10.5. The van der Waals surface area contributed by atoms with Crippen molar-refractivity contribution in [1.29, 1.82) is 0 Å². The Bertz CT molecular complexity index is 947. The standard InChI is InChI=1S/C30H36Br2O3/c31-19-25-17-27-15-23(9-11-29(27)34-21-25)7-3-1-5-13-33-14-6-2-4-8-24-10-12-30-28(16-24)18-26(20-32)22-35-30/h9-12,15-18H,1-8,13-14,19-22H2. The number of fused-ring (bicyclic) bond motifs is 2. The van der Waals surface area contributed by atoms with E-state index in [1.807, 2.05) is 0 Å². The molecule has 0 amide bonds. The molecule has 0 radical (unpaired) electrons. The molecule has 35 heavy (non-hydrogen) atoms. The third-order valence-electron chi connectivity index (χ3n) is 6.55. The molecule has 0 unspecified atom stereocenters. The third-order valence-corrected chi connectivity index (χ3v) is 7.99. The van der Waals surface area contributed by atoms with Crippen LogP contribution in [0.1, 0.15) is 60.8 Å². The number of ether oxygens (including phenoxy) is 3. The van der Waals surface area contributed by atoms with Gasteiger partial charge in [0.1, 0.15) is 24.7 Å². The molecule has 0 spiro atoms. The SMILES string of the molecule is BrCC1=Cc2cc(CCCCCOCCCCCc3ccc4c(c3)C=C(CBr)CO4)ccc2OC1. The van der Waals surface area contributed by atoms with Gasteiger partial charge in [-0.2, -0.15) is 0 Å². The molecule has 0 fully saturated rings. The first-order valence-corrected chi connectivity index (χ1v) is 15.1. The van der Waals surface area contributed by atoms with Crippen LogP contribution in [0.3, 0.4) is 0 Å². The van der Waals surface area contributed by atoms with Crippen LogP contribution in [0, 0.1) is 0 Å². The number of hydrogen-bond acceptors (Lipinski definition) is 3. The number of hydrogen-bond donors (Lipinski definition) is 0. The van der Waals surface area contributed by atoms with E-state index in [-0.39, 0.29) is 0 Å². The van der Waals surface area contributed by atoms with Gasteiger partial charge in [-0.3, -0.25) is 0 Å². The monoisotopic (exact) mass is 602 g/mol. The first-order chi connectivity index (χ1) is 17.2. The van der Waals surface area contributed by atoms with E-state index in [0.717, 1.165) is 61.1 Å². The van der Waals surface area contributed by atoms with Crippen LogP contribution in [0.2, 0.25) is 0 Å². The minimum Gasteiger partial charge on any atom is -0.489 e. The summed E-state index contributed by atoms with van der Waals surface area (Å²) in [4.78, 5) is 0. The van der Waals surface area contributed by atoms with Crippen molar-refractivity contribution in [2.45, 2.75) is 51.4 Å². The van der Waals surface area contributed by atoms with Crippen molar-refractivity contribution >= 4 is 44.0 Å². The number of unbranched alkanes of at least 4 members (excludes halogenated alkanes) is 4. The van der Waals surface area contributed by atoms with Crippen molar-refractivity contribution in [2.75, 3.05) is 37.1 Å². The lowest BCUT2D eigenvalue weighted by Crippen LogP contribution is -2.08. The Labute approximate surface area is 227 Å². The molecule has 0 aromatic heterocycles. The lowest BCUT2D eigenvalue weighted by Gasteiger charge is -2.17. The largest absolute Gasteiger partial charge is 0.489 e. The third kappa shape index (κ3) is 8.23. The fourth-order valence-corrected chi connectivity index (χ4v) is 5.18. The molecule has 3 nitrogen and oxygen atoms in total. The molecule has 2 aliphatic rings. The van der Waals surface area contributed by atoms with E-state index >= 15 is 0 Å². The number of rotatable bonds is 14. The summed E-state index contributed by atoms with van der Waals surface area (Å²) in [6.45, 7) is 3.14. The van der Waals surface area contributed by atoms with Crippen molar-refractivity contribution in [1.82, 2.24) is 0 Å². The molecule has 0 atom stereocenters. The molecular formula is C30H36Br2O3. The van der Waals surface area contributed by atoms with Crippen LogP contribution in [0.25, 0.3) is 12.2 Å². The highest BCUT2D eigenvalue weighted by molar-refractivity contribution is 9.09. The normalized spacial score (nSPS) is 14.3. The minimum absolute atomic E-state index is 0.693. The van der Waals surface area contributed by atoms with Crippen molar-refractivity contribution in [2.24, 2.45) is 0 Å². The predicted molar refractivity (Wildman–Crippen MR) is 153 cm³/mol. The Kier molecular flexibility index (Phi) is 10.8. The lowest BCUT2D eigenvalue weighted by molar-refractivity contribution is 0.126. The van der Waals surface area contributed by atoms with E-state index in [4.69, 9.17) is 14.2 Å². The van der Waals surface area contributed by atoms with Crippen molar-refractivity contribution in [3.63, 3.8) is 0 Å². The van der Waals surface area contributed by atoms with Gasteiger partial charge >= 0.3 is 0 Å². The van der Waals surface area contributed by atoms with E-state index in [1.54, 1.807) is 0 Å². The summed E-state index contributed by atoms with van der Waals surface area (Å²) in [7, 11) is 0. The van der Waals surface area contributed by atoms with E-state index in [1.165, 1.54) is 59.1 Å². The summed E-state index contributed by atoms with van der Waals surface area (Å²) in [5, 5.41) is 1.74. The van der Waals surface area contributed by atoms with Gasteiger partial charge in [0.05, 0.1) is 0 Å². The van der Waals surface area contributed by atoms with Crippen molar-refractivity contribution < 1.29 is 14.2 Å². The summed E-state index contributed by atoms with van der Waals surface area (Å²) in [6, 6.07) is 13.2. The molecule has 2 aromatic rings. The average molecular weight is 604 g/mol. The minimum atomic E-state index is 0.693. The van der Waals surface area contributed by atoms with Gasteiger partial charge in [0.15, 0.2) is 0 Å². The Morgan fingerprint density at radius 3 is 1.57 bits per heavy atom. The van der Waals surface area contributed by atoms with Gasteiger partial charge < -0.3 is 14.2 Å². The molecule has 4 rings (SSSR count). The van der Waals surface area contributed by atoms with Crippen LogP contribution < -0.4 is 9.47 Å². The van der Waals surface area contributed by atoms with Gasteiger partial charge in [-0.05, 0) is 97.2 Å². The highest BCUT2D eigenvalue weighted by Crippen LogP contribution is 2.29. The topological polar surface area (TPSA) is 27.7 Å². The fourth-order valence-electron chi connectivity index (χ4n) is 4.54. The predicted octanol–water partition coefficient (Wildman–Crippen LogP) is 8.17. The highest BCUT2D eigenvalue weighted by Gasteiger charge is 2.12. The number of benzene rings is 2. The summed E-state index contributed by atoms with van der Waals surface area (Å²) in [6.07, 6.45) is 13.9. The molecule has 2 heterocycles. The molecule has 2 aromatic carbocycles. The van der Waals surface area contributed by atoms with Gasteiger partial charge in [-0.15, -0.1) is 0 Å². The van der Waals surface area contributed by atoms with Crippen LogP contribution in [0.15, 0.2) is 47.5 Å². The molecule has 0 aliphatic carbocycles. The van der Waals surface area contributed by atoms with E-state index < -0.39 is 0 Å². The molecule has 0 N–H and O–H groups in total. The number of aryl methyl sites for hydroxylation is 2. The maximum atomic E-state index is 5.88. The maximum Gasteiger partial charge on any atom is 0.127 e. The van der Waals surface area contributed by atoms with Gasteiger partial charge in [0.2, 0.25) is 0 Å². The van der Waals surface area contributed by atoms with E-state index in [2.05, 4.69) is 80.4 Å². The zero-order valence-corrected chi connectivity index (χ0v) is 23.7. The van der Waals surface area contributed by atoms with Gasteiger partial charge in [0, 0.05) is 35.0 Å². The van der Waals surface area contributed by atoms with E-state index in [0.29, 0.717) is 13.2 Å². The molecule has 0 saturated heterocycles. The summed E-state index contributed by atoms with van der Waals surface area (Å²) in [5.41, 5.74) is 7.81. The smallest absolute Gasteiger partial charge is 0.127 e. The van der Waals surface area contributed by atoms with Crippen LogP contribution in [0.4, 0.5) is 0 Å². The quantitative estimate of drug-likeness (QED) is 0.161.